The second-order valence-electron chi connectivity index (χ2n) is 3.76. The Balaban J connectivity index is 2.14. The molecular formula is C10H14BrNS. The molecule has 0 spiro atoms. The maximum Gasteiger partial charge on any atom is 0.0701 e. The normalized spacial score (nSPS) is 29.1. The van der Waals surface area contributed by atoms with Crippen LogP contribution in [0.25, 0.3) is 0 Å². The molecule has 2 unspecified atom stereocenters. The fourth-order valence-electron chi connectivity index (χ4n) is 2.03. The summed E-state index contributed by atoms with van der Waals surface area (Å²) < 4.78 is 1.26. The second-order valence-corrected chi connectivity index (χ2v) is 6.05. The van der Waals surface area contributed by atoms with Gasteiger partial charge in [0, 0.05) is 0 Å². The molecule has 0 aliphatic carbocycles. The Morgan fingerprint density at radius 2 is 2.46 bits per heavy atom. The van der Waals surface area contributed by atoms with Gasteiger partial charge in [-0.15, -0.1) is 11.3 Å². The largest absolute Gasteiger partial charge is 0.316 e. The summed E-state index contributed by atoms with van der Waals surface area (Å²) in [6.45, 7) is 4.67. The summed E-state index contributed by atoms with van der Waals surface area (Å²) in [5.41, 5.74) is 1.52. The van der Waals surface area contributed by atoms with E-state index < -0.39 is 0 Å². The van der Waals surface area contributed by atoms with E-state index >= 15 is 0 Å². The van der Waals surface area contributed by atoms with Gasteiger partial charge in [0.25, 0.3) is 0 Å². The molecule has 2 heterocycles. The van der Waals surface area contributed by atoms with Gasteiger partial charge in [-0.05, 0) is 64.3 Å². The van der Waals surface area contributed by atoms with Crippen molar-refractivity contribution in [2.24, 2.45) is 5.92 Å². The zero-order chi connectivity index (χ0) is 9.26. The molecule has 1 aliphatic rings. The first-order chi connectivity index (χ1) is 6.27. The van der Waals surface area contributed by atoms with E-state index in [1.807, 2.05) is 0 Å². The number of thiophene rings is 1. The molecule has 2 atom stereocenters. The molecular weight excluding hydrogens is 246 g/mol. The highest BCUT2D eigenvalue weighted by atomic mass is 79.9. The molecule has 1 aromatic heterocycles. The molecule has 3 heteroatoms. The maximum atomic E-state index is 3.52. The number of hydrogen-bond acceptors (Lipinski definition) is 2. The summed E-state index contributed by atoms with van der Waals surface area (Å²) in [7, 11) is 0. The van der Waals surface area contributed by atoms with E-state index in [0.29, 0.717) is 0 Å². The minimum Gasteiger partial charge on any atom is -0.316 e. The number of halogens is 1. The highest BCUT2D eigenvalue weighted by molar-refractivity contribution is 9.11. The lowest BCUT2D eigenvalue weighted by Crippen LogP contribution is -2.33. The van der Waals surface area contributed by atoms with Gasteiger partial charge in [-0.3, -0.25) is 0 Å². The summed E-state index contributed by atoms with van der Waals surface area (Å²) >= 11 is 5.32. The minimum absolute atomic E-state index is 0.767. The molecule has 1 nitrogen and oxygen atoms in total. The van der Waals surface area contributed by atoms with Gasteiger partial charge >= 0.3 is 0 Å². The Kier molecular flexibility index (Phi) is 3.06. The van der Waals surface area contributed by atoms with Gasteiger partial charge < -0.3 is 5.32 Å². The van der Waals surface area contributed by atoms with Crippen LogP contribution >= 0.6 is 27.3 Å². The van der Waals surface area contributed by atoms with Gasteiger partial charge in [0.05, 0.1) is 3.79 Å². The van der Waals surface area contributed by atoms with Crippen LogP contribution in [0.5, 0.6) is 0 Å². The van der Waals surface area contributed by atoms with Crippen molar-refractivity contribution in [1.29, 1.82) is 0 Å². The Bertz CT molecular complexity index is 284. The number of rotatable bonds is 1. The predicted octanol–water partition coefficient (Wildman–Crippen LogP) is 3.22. The van der Waals surface area contributed by atoms with Crippen LogP contribution in [-0.4, -0.2) is 13.1 Å². The highest BCUT2D eigenvalue weighted by Gasteiger charge is 2.23. The van der Waals surface area contributed by atoms with E-state index in [2.05, 4.69) is 39.6 Å². The summed E-state index contributed by atoms with van der Waals surface area (Å²) in [5.74, 6) is 1.54. The number of piperidine rings is 1. The molecule has 72 valence electrons. The summed E-state index contributed by atoms with van der Waals surface area (Å²) in [4.78, 5) is 0. The van der Waals surface area contributed by atoms with E-state index in [-0.39, 0.29) is 0 Å². The van der Waals surface area contributed by atoms with Crippen molar-refractivity contribution in [3.63, 3.8) is 0 Å². The van der Waals surface area contributed by atoms with E-state index in [4.69, 9.17) is 0 Å². The molecule has 0 radical (unpaired) electrons. The summed E-state index contributed by atoms with van der Waals surface area (Å²) in [6, 6.07) is 2.27. The van der Waals surface area contributed by atoms with E-state index in [1.54, 1.807) is 11.3 Å². The Hall–Kier alpha value is 0.140. The van der Waals surface area contributed by atoms with E-state index in [0.717, 1.165) is 18.4 Å². The first kappa shape index (κ1) is 9.69. The van der Waals surface area contributed by atoms with Crippen molar-refractivity contribution in [2.75, 3.05) is 13.1 Å². The van der Waals surface area contributed by atoms with Crippen molar-refractivity contribution in [3.05, 3.63) is 20.8 Å². The van der Waals surface area contributed by atoms with Crippen LogP contribution in [0.4, 0.5) is 0 Å². The summed E-state index contributed by atoms with van der Waals surface area (Å²) in [5, 5.41) is 5.72. The molecule has 1 aromatic rings. The van der Waals surface area contributed by atoms with Crippen LogP contribution in [0.3, 0.4) is 0 Å². The van der Waals surface area contributed by atoms with Crippen molar-refractivity contribution in [2.45, 2.75) is 19.3 Å². The topological polar surface area (TPSA) is 12.0 Å². The van der Waals surface area contributed by atoms with Gasteiger partial charge in [-0.1, -0.05) is 6.92 Å². The maximum absolute atomic E-state index is 3.52. The van der Waals surface area contributed by atoms with Crippen molar-refractivity contribution in [1.82, 2.24) is 5.32 Å². The average Bonchev–Trinajstić information content (AvgIpc) is 2.53. The number of hydrogen-bond donors (Lipinski definition) is 1. The molecule has 0 aromatic carbocycles. The predicted molar refractivity (Wildman–Crippen MR) is 61.4 cm³/mol. The lowest BCUT2D eigenvalue weighted by atomic mass is 9.84. The molecule has 2 rings (SSSR count). The second kappa shape index (κ2) is 4.11. The quantitative estimate of drug-likeness (QED) is 0.817. The lowest BCUT2D eigenvalue weighted by molar-refractivity contribution is 0.350. The average molecular weight is 260 g/mol. The summed E-state index contributed by atoms with van der Waals surface area (Å²) in [6.07, 6.45) is 1.28. The molecule has 13 heavy (non-hydrogen) atoms. The van der Waals surface area contributed by atoms with Gasteiger partial charge in [0.2, 0.25) is 0 Å². The fraction of sp³-hybridized carbons (Fsp3) is 0.600. The third-order valence-corrected chi connectivity index (χ3v) is 4.32. The van der Waals surface area contributed by atoms with Crippen LogP contribution < -0.4 is 5.32 Å². The lowest BCUT2D eigenvalue weighted by Gasteiger charge is -2.28. The monoisotopic (exact) mass is 259 g/mol. The van der Waals surface area contributed by atoms with Crippen molar-refractivity contribution < 1.29 is 0 Å². The molecule has 1 N–H and O–H groups in total. The van der Waals surface area contributed by atoms with E-state index in [1.165, 1.54) is 22.3 Å². The third-order valence-electron chi connectivity index (χ3n) is 2.80. The third kappa shape index (κ3) is 2.14. The van der Waals surface area contributed by atoms with Crippen LogP contribution in [0.2, 0.25) is 0 Å². The van der Waals surface area contributed by atoms with Gasteiger partial charge in [-0.25, -0.2) is 0 Å². The Morgan fingerprint density at radius 1 is 1.62 bits per heavy atom. The Morgan fingerprint density at radius 3 is 3.08 bits per heavy atom. The van der Waals surface area contributed by atoms with Gasteiger partial charge in [-0.2, -0.15) is 0 Å². The zero-order valence-corrected chi connectivity index (χ0v) is 10.1. The Labute approximate surface area is 91.7 Å². The first-order valence-electron chi connectivity index (χ1n) is 4.72. The van der Waals surface area contributed by atoms with Crippen LogP contribution in [-0.2, 0) is 0 Å². The molecule has 0 bridgehead atoms. The SMILES string of the molecule is CC1CNCCC1c1csc(Br)c1. The standard InChI is InChI=1S/C10H14BrNS/c1-7-5-12-3-2-9(7)8-4-10(11)13-6-8/h4,6-7,9,12H,2-3,5H2,1H3. The zero-order valence-electron chi connectivity index (χ0n) is 7.72. The molecule has 0 amide bonds. The van der Waals surface area contributed by atoms with Gasteiger partial charge in [0.1, 0.15) is 0 Å². The van der Waals surface area contributed by atoms with Crippen molar-refractivity contribution >= 4 is 27.3 Å². The molecule has 1 saturated heterocycles. The molecule has 1 fully saturated rings. The van der Waals surface area contributed by atoms with Crippen LogP contribution in [0.15, 0.2) is 15.2 Å². The molecule has 1 aliphatic heterocycles. The van der Waals surface area contributed by atoms with E-state index in [9.17, 15) is 0 Å². The van der Waals surface area contributed by atoms with Crippen molar-refractivity contribution in [3.8, 4) is 0 Å². The van der Waals surface area contributed by atoms with Crippen LogP contribution in [0, 0.1) is 5.92 Å². The molecule has 0 saturated carbocycles. The highest BCUT2D eigenvalue weighted by Crippen LogP contribution is 2.34. The number of nitrogens with one attached hydrogen (secondary N) is 1. The smallest absolute Gasteiger partial charge is 0.0701 e. The first-order valence-corrected chi connectivity index (χ1v) is 6.39. The van der Waals surface area contributed by atoms with Gasteiger partial charge in [0.15, 0.2) is 0 Å². The fourth-order valence-corrected chi connectivity index (χ4v) is 3.27. The minimum atomic E-state index is 0.767. The van der Waals surface area contributed by atoms with Crippen LogP contribution in [0.1, 0.15) is 24.8 Å².